The molecule has 0 fully saturated rings. The van der Waals surface area contributed by atoms with E-state index in [-0.39, 0.29) is 17.5 Å². The fraction of sp³-hybridized carbons (Fsp3) is 0.400. The molecule has 4 nitrogen and oxygen atoms in total. The van der Waals surface area contributed by atoms with E-state index in [2.05, 4.69) is 0 Å². The first-order chi connectivity index (χ1) is 9.05. The number of aliphatic hydroxyl groups excluding tert-OH is 1. The van der Waals surface area contributed by atoms with Gasteiger partial charge in [0.1, 0.15) is 11.5 Å². The minimum absolute atomic E-state index is 0.0709. The summed E-state index contributed by atoms with van der Waals surface area (Å²) in [7, 11) is 3.19. The van der Waals surface area contributed by atoms with Gasteiger partial charge in [-0.25, -0.2) is 0 Å². The van der Waals surface area contributed by atoms with E-state index in [4.69, 9.17) is 9.47 Å². The van der Waals surface area contributed by atoms with E-state index >= 15 is 0 Å². The van der Waals surface area contributed by atoms with Crippen LogP contribution in [-0.2, 0) is 4.79 Å². The SMILES string of the molecule is COc1cc(C)cc(OC)c1C1CC(=O)C=C(O)C1. The van der Waals surface area contributed by atoms with Gasteiger partial charge in [0.05, 0.1) is 20.0 Å². The maximum atomic E-state index is 11.6. The number of allylic oxidation sites excluding steroid dienone is 2. The Kier molecular flexibility index (Phi) is 3.79. The molecule has 1 atom stereocenters. The normalized spacial score (nSPS) is 19.0. The van der Waals surface area contributed by atoms with E-state index in [0.717, 1.165) is 11.1 Å². The number of rotatable bonds is 3. The van der Waals surface area contributed by atoms with Crippen LogP contribution in [-0.4, -0.2) is 25.1 Å². The molecule has 0 radical (unpaired) electrons. The van der Waals surface area contributed by atoms with Crippen LogP contribution in [0.4, 0.5) is 0 Å². The number of carbonyl (C=O) groups is 1. The lowest BCUT2D eigenvalue weighted by Gasteiger charge is -2.24. The second kappa shape index (κ2) is 5.34. The third-order valence-electron chi connectivity index (χ3n) is 3.33. The molecule has 0 aliphatic heterocycles. The zero-order chi connectivity index (χ0) is 14.0. The first kappa shape index (κ1) is 13.5. The van der Waals surface area contributed by atoms with Gasteiger partial charge in [-0.15, -0.1) is 0 Å². The van der Waals surface area contributed by atoms with Gasteiger partial charge in [0.25, 0.3) is 0 Å². The van der Waals surface area contributed by atoms with Crippen LogP contribution < -0.4 is 9.47 Å². The van der Waals surface area contributed by atoms with Crippen LogP contribution in [0.5, 0.6) is 11.5 Å². The van der Waals surface area contributed by atoms with E-state index in [1.807, 2.05) is 19.1 Å². The average molecular weight is 262 g/mol. The summed E-state index contributed by atoms with van der Waals surface area (Å²) in [5.41, 5.74) is 1.88. The van der Waals surface area contributed by atoms with Crippen LogP contribution in [0.25, 0.3) is 0 Å². The molecule has 1 aromatic carbocycles. The summed E-state index contributed by atoms with van der Waals surface area (Å²) in [6.07, 6.45) is 2.09. The number of hydrogen-bond acceptors (Lipinski definition) is 4. The van der Waals surface area contributed by atoms with E-state index in [0.29, 0.717) is 24.3 Å². The maximum absolute atomic E-state index is 11.6. The predicted molar refractivity (Wildman–Crippen MR) is 72.0 cm³/mol. The standard InChI is InChI=1S/C15H18O4/c1-9-4-13(18-2)15(14(5-9)19-3)10-6-11(16)8-12(17)7-10/h4-5,8,10,16H,6-7H2,1-3H3. The van der Waals surface area contributed by atoms with Gasteiger partial charge in [0, 0.05) is 30.4 Å². The van der Waals surface area contributed by atoms with Crippen molar-refractivity contribution in [3.8, 4) is 11.5 Å². The summed E-state index contributed by atoms with van der Waals surface area (Å²) in [6, 6.07) is 3.83. The highest BCUT2D eigenvalue weighted by molar-refractivity contribution is 5.91. The van der Waals surface area contributed by atoms with Crippen molar-refractivity contribution in [2.75, 3.05) is 14.2 Å². The summed E-state index contributed by atoms with van der Waals surface area (Å²) in [5, 5.41) is 9.65. The maximum Gasteiger partial charge on any atom is 0.159 e. The molecule has 1 aromatic rings. The molecule has 0 bridgehead atoms. The minimum Gasteiger partial charge on any atom is -0.512 e. The van der Waals surface area contributed by atoms with Gasteiger partial charge in [-0.05, 0) is 24.6 Å². The number of aryl methyl sites for hydroxylation is 1. The Hall–Kier alpha value is -1.97. The summed E-state index contributed by atoms with van der Waals surface area (Å²) < 4.78 is 10.8. The molecule has 1 N–H and O–H groups in total. The van der Waals surface area contributed by atoms with Gasteiger partial charge in [-0.1, -0.05) is 0 Å². The largest absolute Gasteiger partial charge is 0.512 e. The number of ether oxygens (including phenoxy) is 2. The summed E-state index contributed by atoms with van der Waals surface area (Å²) >= 11 is 0. The topological polar surface area (TPSA) is 55.8 Å². The molecule has 0 spiro atoms. The van der Waals surface area contributed by atoms with Crippen molar-refractivity contribution in [3.63, 3.8) is 0 Å². The van der Waals surface area contributed by atoms with Crippen molar-refractivity contribution in [3.05, 3.63) is 35.1 Å². The number of methoxy groups -OCH3 is 2. The Morgan fingerprint density at radius 3 is 2.21 bits per heavy atom. The lowest BCUT2D eigenvalue weighted by Crippen LogP contribution is -2.14. The van der Waals surface area contributed by atoms with E-state index in [9.17, 15) is 9.90 Å². The Morgan fingerprint density at radius 2 is 1.74 bits per heavy atom. The number of benzene rings is 1. The van der Waals surface area contributed by atoms with Crippen molar-refractivity contribution in [1.82, 2.24) is 0 Å². The van der Waals surface area contributed by atoms with Gasteiger partial charge < -0.3 is 14.6 Å². The van der Waals surface area contributed by atoms with Crippen molar-refractivity contribution in [1.29, 1.82) is 0 Å². The molecule has 1 aliphatic rings. The van der Waals surface area contributed by atoms with E-state index < -0.39 is 0 Å². The molecule has 19 heavy (non-hydrogen) atoms. The summed E-state index contributed by atoms with van der Waals surface area (Å²) in [5.74, 6) is 1.33. The van der Waals surface area contributed by atoms with Crippen molar-refractivity contribution in [2.24, 2.45) is 0 Å². The number of ketones is 1. The summed E-state index contributed by atoms with van der Waals surface area (Å²) in [4.78, 5) is 11.6. The van der Waals surface area contributed by atoms with E-state index in [1.54, 1.807) is 14.2 Å². The van der Waals surface area contributed by atoms with Crippen LogP contribution in [0.3, 0.4) is 0 Å². The van der Waals surface area contributed by atoms with Crippen LogP contribution in [0.1, 0.15) is 29.9 Å². The monoisotopic (exact) mass is 262 g/mol. The Balaban J connectivity index is 2.49. The first-order valence-electron chi connectivity index (χ1n) is 6.20. The number of hydrogen-bond donors (Lipinski definition) is 1. The van der Waals surface area contributed by atoms with Crippen LogP contribution >= 0.6 is 0 Å². The van der Waals surface area contributed by atoms with Crippen molar-refractivity contribution >= 4 is 5.78 Å². The zero-order valence-electron chi connectivity index (χ0n) is 11.4. The molecule has 0 aromatic heterocycles. The Bertz CT molecular complexity index is 506. The van der Waals surface area contributed by atoms with Crippen molar-refractivity contribution in [2.45, 2.75) is 25.7 Å². The molecule has 0 saturated heterocycles. The second-order valence-corrected chi connectivity index (χ2v) is 4.79. The lowest BCUT2D eigenvalue weighted by molar-refractivity contribution is -0.115. The molecule has 102 valence electrons. The van der Waals surface area contributed by atoms with Crippen LogP contribution in [0.2, 0.25) is 0 Å². The smallest absolute Gasteiger partial charge is 0.159 e. The highest BCUT2D eigenvalue weighted by Gasteiger charge is 2.27. The van der Waals surface area contributed by atoms with Gasteiger partial charge in [-0.3, -0.25) is 4.79 Å². The molecule has 0 amide bonds. The molecular weight excluding hydrogens is 244 g/mol. The fourth-order valence-corrected chi connectivity index (χ4v) is 2.55. The van der Waals surface area contributed by atoms with Gasteiger partial charge in [-0.2, -0.15) is 0 Å². The van der Waals surface area contributed by atoms with Gasteiger partial charge in [0.15, 0.2) is 5.78 Å². The third-order valence-corrected chi connectivity index (χ3v) is 3.33. The molecular formula is C15H18O4. The second-order valence-electron chi connectivity index (χ2n) is 4.79. The average Bonchev–Trinajstić information content (AvgIpc) is 2.36. The molecule has 0 heterocycles. The highest BCUT2D eigenvalue weighted by atomic mass is 16.5. The number of aliphatic hydroxyl groups is 1. The third kappa shape index (κ3) is 2.72. The first-order valence-corrected chi connectivity index (χ1v) is 6.20. The molecule has 2 rings (SSSR count). The molecule has 1 aliphatic carbocycles. The zero-order valence-corrected chi connectivity index (χ0v) is 11.4. The molecule has 0 saturated carbocycles. The van der Waals surface area contributed by atoms with Gasteiger partial charge in [0.2, 0.25) is 0 Å². The summed E-state index contributed by atoms with van der Waals surface area (Å²) in [6.45, 7) is 1.96. The van der Waals surface area contributed by atoms with Crippen LogP contribution in [0.15, 0.2) is 24.0 Å². The Labute approximate surface area is 112 Å². The number of carbonyl (C=O) groups excluding carboxylic acids is 1. The Morgan fingerprint density at radius 1 is 1.16 bits per heavy atom. The van der Waals surface area contributed by atoms with E-state index in [1.165, 1.54) is 6.08 Å². The quantitative estimate of drug-likeness (QED) is 0.910. The van der Waals surface area contributed by atoms with Crippen molar-refractivity contribution < 1.29 is 19.4 Å². The minimum atomic E-state index is -0.108. The predicted octanol–water partition coefficient (Wildman–Crippen LogP) is 2.90. The lowest BCUT2D eigenvalue weighted by atomic mass is 9.84. The highest BCUT2D eigenvalue weighted by Crippen LogP contribution is 2.42. The fourth-order valence-electron chi connectivity index (χ4n) is 2.55. The molecule has 1 unspecified atom stereocenters. The molecule has 4 heteroatoms. The van der Waals surface area contributed by atoms with Crippen LogP contribution in [0, 0.1) is 6.92 Å². The van der Waals surface area contributed by atoms with Gasteiger partial charge >= 0.3 is 0 Å².